The van der Waals surface area contributed by atoms with Gasteiger partial charge in [0, 0.05) is 22.0 Å². The molecule has 0 aliphatic heterocycles. The van der Waals surface area contributed by atoms with Crippen molar-refractivity contribution in [3.8, 4) is 17.1 Å². The van der Waals surface area contributed by atoms with E-state index in [4.69, 9.17) is 11.6 Å². The number of aryl methyl sites for hydroxylation is 1. The predicted molar refractivity (Wildman–Crippen MR) is 113 cm³/mol. The third-order valence-corrected chi connectivity index (χ3v) is 5.66. The van der Waals surface area contributed by atoms with E-state index in [0.717, 1.165) is 32.6 Å². The fraction of sp³-hybridized carbons (Fsp3) is 0.0909. The summed E-state index contributed by atoms with van der Waals surface area (Å²) in [6.45, 7) is 2.04. The summed E-state index contributed by atoms with van der Waals surface area (Å²) in [5.74, 6) is 1.07. The Bertz CT molecular complexity index is 1110. The molecule has 1 heterocycles. The highest BCUT2D eigenvalue weighted by Crippen LogP contribution is 2.31. The summed E-state index contributed by atoms with van der Waals surface area (Å²) < 4.78 is 15.4. The number of nitrogens with zero attached hydrogens (tertiary/aromatic N) is 3. The topological polar surface area (TPSA) is 30.7 Å². The van der Waals surface area contributed by atoms with Gasteiger partial charge in [-0.3, -0.25) is 4.57 Å². The van der Waals surface area contributed by atoms with Crippen LogP contribution in [-0.4, -0.2) is 14.8 Å². The summed E-state index contributed by atoms with van der Waals surface area (Å²) in [6, 6.07) is 22.2. The summed E-state index contributed by atoms with van der Waals surface area (Å²) in [7, 11) is 0. The van der Waals surface area contributed by atoms with Crippen LogP contribution in [0.2, 0.25) is 5.02 Å². The molecule has 0 aliphatic carbocycles. The lowest BCUT2D eigenvalue weighted by Gasteiger charge is -2.11. The van der Waals surface area contributed by atoms with Crippen LogP contribution >= 0.6 is 23.4 Å². The summed E-state index contributed by atoms with van der Waals surface area (Å²) in [4.78, 5) is 0. The SMILES string of the molecule is Cc1cccc(-n2c(SCc3ccccc3Cl)nnc2-c2ccc(F)cc2)c1. The molecule has 0 aliphatic rings. The third-order valence-electron chi connectivity index (χ3n) is 4.31. The van der Waals surface area contributed by atoms with Gasteiger partial charge in [0.05, 0.1) is 0 Å². The molecule has 0 bridgehead atoms. The molecular formula is C22H17ClFN3S. The van der Waals surface area contributed by atoms with E-state index >= 15 is 0 Å². The smallest absolute Gasteiger partial charge is 0.196 e. The van der Waals surface area contributed by atoms with Gasteiger partial charge in [0.25, 0.3) is 0 Å². The van der Waals surface area contributed by atoms with Crippen molar-refractivity contribution in [2.24, 2.45) is 0 Å². The van der Waals surface area contributed by atoms with Crippen molar-refractivity contribution < 1.29 is 4.39 Å². The zero-order chi connectivity index (χ0) is 19.5. The molecule has 28 heavy (non-hydrogen) atoms. The number of hydrogen-bond acceptors (Lipinski definition) is 3. The Morgan fingerprint density at radius 1 is 0.964 bits per heavy atom. The predicted octanol–water partition coefficient (Wildman–Crippen LogP) is 6.33. The van der Waals surface area contributed by atoms with Gasteiger partial charge in [-0.2, -0.15) is 0 Å². The molecule has 140 valence electrons. The fourth-order valence-electron chi connectivity index (χ4n) is 2.91. The average Bonchev–Trinajstić information content (AvgIpc) is 3.12. The van der Waals surface area contributed by atoms with Gasteiger partial charge in [-0.25, -0.2) is 4.39 Å². The molecular weight excluding hydrogens is 393 g/mol. The first-order chi connectivity index (χ1) is 13.6. The quantitative estimate of drug-likeness (QED) is 0.361. The van der Waals surface area contributed by atoms with Gasteiger partial charge in [-0.1, -0.05) is 53.7 Å². The first kappa shape index (κ1) is 18.7. The van der Waals surface area contributed by atoms with Gasteiger partial charge < -0.3 is 0 Å². The number of rotatable bonds is 5. The van der Waals surface area contributed by atoms with Crippen molar-refractivity contribution in [2.75, 3.05) is 0 Å². The van der Waals surface area contributed by atoms with Gasteiger partial charge >= 0.3 is 0 Å². The number of aromatic nitrogens is 3. The van der Waals surface area contributed by atoms with Gasteiger partial charge in [0.15, 0.2) is 11.0 Å². The van der Waals surface area contributed by atoms with Crippen LogP contribution < -0.4 is 0 Å². The summed E-state index contributed by atoms with van der Waals surface area (Å²) in [5.41, 5.74) is 3.94. The largest absolute Gasteiger partial charge is 0.270 e. The minimum Gasteiger partial charge on any atom is -0.270 e. The fourth-order valence-corrected chi connectivity index (χ4v) is 4.14. The Labute approximate surface area is 172 Å². The summed E-state index contributed by atoms with van der Waals surface area (Å²) in [6.07, 6.45) is 0. The van der Waals surface area contributed by atoms with E-state index < -0.39 is 0 Å². The second-order valence-corrected chi connectivity index (χ2v) is 7.72. The van der Waals surface area contributed by atoms with Crippen LogP contribution in [0.1, 0.15) is 11.1 Å². The van der Waals surface area contributed by atoms with E-state index in [2.05, 4.69) is 16.3 Å². The minimum absolute atomic E-state index is 0.279. The van der Waals surface area contributed by atoms with Crippen LogP contribution in [-0.2, 0) is 5.75 Å². The lowest BCUT2D eigenvalue weighted by molar-refractivity contribution is 0.628. The van der Waals surface area contributed by atoms with Gasteiger partial charge in [-0.05, 0) is 60.5 Å². The molecule has 0 unspecified atom stereocenters. The number of benzene rings is 3. The maximum atomic E-state index is 13.4. The molecule has 3 nitrogen and oxygen atoms in total. The highest BCUT2D eigenvalue weighted by Gasteiger charge is 2.17. The van der Waals surface area contributed by atoms with Crippen LogP contribution in [0.15, 0.2) is 78.0 Å². The number of hydrogen-bond donors (Lipinski definition) is 0. The van der Waals surface area contributed by atoms with E-state index in [9.17, 15) is 4.39 Å². The molecule has 6 heteroatoms. The first-order valence-corrected chi connectivity index (χ1v) is 10.1. The lowest BCUT2D eigenvalue weighted by atomic mass is 10.2. The second kappa shape index (κ2) is 8.17. The average molecular weight is 410 g/mol. The summed E-state index contributed by atoms with van der Waals surface area (Å²) in [5, 5.41) is 10.3. The van der Waals surface area contributed by atoms with Crippen LogP contribution in [0.3, 0.4) is 0 Å². The zero-order valence-electron chi connectivity index (χ0n) is 15.1. The van der Waals surface area contributed by atoms with Crippen molar-refractivity contribution >= 4 is 23.4 Å². The van der Waals surface area contributed by atoms with E-state index in [1.165, 1.54) is 12.1 Å². The van der Waals surface area contributed by atoms with Gasteiger partial charge in [-0.15, -0.1) is 10.2 Å². The molecule has 0 spiro atoms. The first-order valence-electron chi connectivity index (χ1n) is 8.76. The van der Waals surface area contributed by atoms with Crippen LogP contribution in [0, 0.1) is 12.7 Å². The van der Waals surface area contributed by atoms with E-state index in [1.54, 1.807) is 23.9 Å². The van der Waals surface area contributed by atoms with Crippen LogP contribution in [0.25, 0.3) is 17.1 Å². The molecule has 3 aromatic carbocycles. The highest BCUT2D eigenvalue weighted by atomic mass is 35.5. The van der Waals surface area contributed by atoms with E-state index in [0.29, 0.717) is 11.6 Å². The highest BCUT2D eigenvalue weighted by molar-refractivity contribution is 7.98. The van der Waals surface area contributed by atoms with Crippen molar-refractivity contribution in [3.63, 3.8) is 0 Å². The molecule has 0 saturated carbocycles. The molecule has 0 fully saturated rings. The van der Waals surface area contributed by atoms with Crippen molar-refractivity contribution in [2.45, 2.75) is 17.8 Å². The zero-order valence-corrected chi connectivity index (χ0v) is 16.7. The Kier molecular flexibility index (Phi) is 5.46. The van der Waals surface area contributed by atoms with Crippen molar-refractivity contribution in [1.29, 1.82) is 0 Å². The Balaban J connectivity index is 1.76. The molecule has 0 radical (unpaired) electrons. The van der Waals surface area contributed by atoms with E-state index in [-0.39, 0.29) is 5.82 Å². The normalized spacial score (nSPS) is 11.0. The Morgan fingerprint density at radius 3 is 2.50 bits per heavy atom. The van der Waals surface area contributed by atoms with Gasteiger partial charge in [0.1, 0.15) is 5.82 Å². The molecule has 0 saturated heterocycles. The molecule has 0 amide bonds. The maximum Gasteiger partial charge on any atom is 0.196 e. The molecule has 0 atom stereocenters. The Morgan fingerprint density at radius 2 is 1.75 bits per heavy atom. The maximum absolute atomic E-state index is 13.4. The van der Waals surface area contributed by atoms with Crippen molar-refractivity contribution in [1.82, 2.24) is 14.8 Å². The van der Waals surface area contributed by atoms with Crippen molar-refractivity contribution in [3.05, 3.63) is 94.8 Å². The third kappa shape index (κ3) is 3.96. The minimum atomic E-state index is -0.279. The molecule has 0 N–H and O–H groups in total. The molecule has 1 aromatic heterocycles. The molecule has 4 aromatic rings. The Hall–Kier alpha value is -2.63. The van der Waals surface area contributed by atoms with Crippen LogP contribution in [0.4, 0.5) is 4.39 Å². The number of thioether (sulfide) groups is 1. The van der Waals surface area contributed by atoms with Crippen LogP contribution in [0.5, 0.6) is 0 Å². The lowest BCUT2D eigenvalue weighted by Crippen LogP contribution is -2.00. The van der Waals surface area contributed by atoms with E-state index in [1.807, 2.05) is 54.0 Å². The summed E-state index contributed by atoms with van der Waals surface area (Å²) >= 11 is 7.86. The second-order valence-electron chi connectivity index (χ2n) is 6.37. The number of halogens is 2. The monoisotopic (exact) mass is 409 g/mol. The molecule has 4 rings (SSSR count). The van der Waals surface area contributed by atoms with Gasteiger partial charge in [0.2, 0.25) is 0 Å². The standard InChI is InChI=1S/C22H17ClFN3S/c1-15-5-4-7-19(13-15)27-21(16-9-11-18(24)12-10-16)25-26-22(27)28-14-17-6-2-3-8-20(17)23/h2-13H,14H2,1H3.